The highest BCUT2D eigenvalue weighted by Gasteiger charge is 2.13. The van der Waals surface area contributed by atoms with Crippen molar-refractivity contribution in [3.63, 3.8) is 0 Å². The van der Waals surface area contributed by atoms with Crippen LogP contribution < -0.4 is 11.1 Å². The first-order valence-electron chi connectivity index (χ1n) is 5.40. The summed E-state index contributed by atoms with van der Waals surface area (Å²) >= 11 is 9.30. The fourth-order valence-electron chi connectivity index (χ4n) is 1.24. The quantitative estimate of drug-likeness (QED) is 0.893. The van der Waals surface area contributed by atoms with Crippen LogP contribution in [0.25, 0.3) is 0 Å². The number of halogens is 2. The van der Waals surface area contributed by atoms with Crippen LogP contribution in [0.15, 0.2) is 22.7 Å². The maximum atomic E-state index is 11.7. The van der Waals surface area contributed by atoms with Crippen LogP contribution in [0.3, 0.4) is 0 Å². The Kier molecular flexibility index (Phi) is 5.43. The fraction of sp³-hybridized carbons (Fsp3) is 0.417. The van der Waals surface area contributed by atoms with Crippen LogP contribution in [0.2, 0.25) is 5.02 Å². The number of benzene rings is 1. The van der Waals surface area contributed by atoms with Crippen molar-refractivity contribution < 1.29 is 4.79 Å². The molecule has 0 radical (unpaired) electrons. The van der Waals surface area contributed by atoms with Gasteiger partial charge >= 0.3 is 0 Å². The molecule has 1 amide bonds. The summed E-state index contributed by atoms with van der Waals surface area (Å²) in [5, 5.41) is 3.26. The molecule has 0 aliphatic heterocycles. The van der Waals surface area contributed by atoms with Crippen molar-refractivity contribution in [3.05, 3.63) is 27.7 Å². The Morgan fingerprint density at radius 3 is 2.71 bits per heavy atom. The van der Waals surface area contributed by atoms with Gasteiger partial charge < -0.3 is 11.1 Å². The number of amides is 1. The Morgan fingerprint density at radius 1 is 1.53 bits per heavy atom. The minimum Gasteiger partial charge on any atom is -0.327 e. The molecule has 1 aromatic rings. The van der Waals surface area contributed by atoms with Gasteiger partial charge in [0.1, 0.15) is 0 Å². The predicted molar refractivity (Wildman–Crippen MR) is 75.2 cm³/mol. The Hall–Kier alpha value is -0.580. The van der Waals surface area contributed by atoms with Crippen LogP contribution in [0.5, 0.6) is 0 Å². The van der Waals surface area contributed by atoms with E-state index in [0.29, 0.717) is 17.1 Å². The van der Waals surface area contributed by atoms with Gasteiger partial charge in [-0.1, -0.05) is 41.4 Å². The molecule has 1 unspecified atom stereocenters. The van der Waals surface area contributed by atoms with Gasteiger partial charge in [-0.2, -0.15) is 0 Å². The first-order valence-corrected chi connectivity index (χ1v) is 6.57. The third kappa shape index (κ3) is 4.66. The molecule has 0 fully saturated rings. The molecule has 3 nitrogen and oxygen atoms in total. The number of carbonyl (C=O) groups excluding carboxylic acids is 1. The van der Waals surface area contributed by atoms with E-state index >= 15 is 0 Å². The third-order valence-corrected chi connectivity index (χ3v) is 3.29. The van der Waals surface area contributed by atoms with Crippen molar-refractivity contribution in [1.82, 2.24) is 0 Å². The molecule has 1 rings (SSSR count). The standard InChI is InChI=1S/C12H16BrClN2O/c1-7(2)10(15)6-12(17)16-11-4-3-8(13)5-9(11)14/h3-5,7,10H,6,15H2,1-2H3,(H,16,17). The first-order chi connectivity index (χ1) is 7.90. The largest absolute Gasteiger partial charge is 0.327 e. The molecular formula is C12H16BrClN2O. The van der Waals surface area contributed by atoms with E-state index in [1.54, 1.807) is 12.1 Å². The van der Waals surface area contributed by atoms with Crippen LogP contribution in [0, 0.1) is 5.92 Å². The van der Waals surface area contributed by atoms with Crippen molar-refractivity contribution in [1.29, 1.82) is 0 Å². The van der Waals surface area contributed by atoms with Crippen LogP contribution in [-0.4, -0.2) is 11.9 Å². The molecule has 0 saturated carbocycles. The zero-order valence-corrected chi connectivity index (χ0v) is 12.2. The molecule has 5 heteroatoms. The van der Waals surface area contributed by atoms with E-state index in [2.05, 4.69) is 21.2 Å². The Bertz CT molecular complexity index is 409. The van der Waals surface area contributed by atoms with Gasteiger partial charge in [-0.15, -0.1) is 0 Å². The van der Waals surface area contributed by atoms with Crippen molar-refractivity contribution in [2.45, 2.75) is 26.3 Å². The molecule has 1 atom stereocenters. The molecule has 0 aliphatic rings. The minimum atomic E-state index is -0.135. The van der Waals surface area contributed by atoms with E-state index in [1.165, 1.54) is 0 Å². The lowest BCUT2D eigenvalue weighted by molar-refractivity contribution is -0.116. The summed E-state index contributed by atoms with van der Waals surface area (Å²) in [6, 6.07) is 5.18. The number of nitrogens with one attached hydrogen (secondary N) is 1. The molecule has 17 heavy (non-hydrogen) atoms. The normalized spacial score (nSPS) is 12.6. The Labute approximate surface area is 115 Å². The molecule has 3 N–H and O–H groups in total. The number of rotatable bonds is 4. The molecule has 1 aromatic carbocycles. The molecule has 0 bridgehead atoms. The summed E-state index contributed by atoms with van der Waals surface area (Å²) in [6.45, 7) is 3.98. The van der Waals surface area contributed by atoms with Gasteiger partial charge in [-0.05, 0) is 24.1 Å². The number of hydrogen-bond donors (Lipinski definition) is 2. The zero-order chi connectivity index (χ0) is 13.0. The Morgan fingerprint density at radius 2 is 2.18 bits per heavy atom. The van der Waals surface area contributed by atoms with Crippen molar-refractivity contribution in [3.8, 4) is 0 Å². The van der Waals surface area contributed by atoms with E-state index in [-0.39, 0.29) is 17.9 Å². The fourth-order valence-corrected chi connectivity index (χ4v) is 1.96. The second-order valence-corrected chi connectivity index (χ2v) is 5.61. The Balaban J connectivity index is 2.62. The van der Waals surface area contributed by atoms with Gasteiger partial charge in [0.2, 0.25) is 5.91 Å². The number of hydrogen-bond acceptors (Lipinski definition) is 2. The van der Waals surface area contributed by atoms with Gasteiger partial charge in [0.05, 0.1) is 10.7 Å². The lowest BCUT2D eigenvalue weighted by Gasteiger charge is -2.15. The molecule has 0 spiro atoms. The van der Waals surface area contributed by atoms with Crippen molar-refractivity contribution in [2.24, 2.45) is 11.7 Å². The second kappa shape index (κ2) is 6.38. The van der Waals surface area contributed by atoms with Gasteiger partial charge in [0.25, 0.3) is 0 Å². The smallest absolute Gasteiger partial charge is 0.225 e. The van der Waals surface area contributed by atoms with Crippen LogP contribution in [-0.2, 0) is 4.79 Å². The summed E-state index contributed by atoms with van der Waals surface area (Å²) in [7, 11) is 0. The maximum Gasteiger partial charge on any atom is 0.225 e. The van der Waals surface area contributed by atoms with E-state index in [1.807, 2.05) is 19.9 Å². The summed E-state index contributed by atoms with van der Waals surface area (Å²) in [5.74, 6) is 0.163. The maximum absolute atomic E-state index is 11.7. The van der Waals surface area contributed by atoms with E-state index in [9.17, 15) is 4.79 Å². The van der Waals surface area contributed by atoms with Crippen molar-refractivity contribution >= 4 is 39.1 Å². The zero-order valence-electron chi connectivity index (χ0n) is 9.84. The SMILES string of the molecule is CC(C)C(N)CC(=O)Nc1ccc(Br)cc1Cl. The minimum absolute atomic E-state index is 0.115. The predicted octanol–water partition coefficient (Wildman–Crippen LogP) is 3.41. The molecule has 0 saturated heterocycles. The van der Waals surface area contributed by atoms with Crippen LogP contribution in [0.1, 0.15) is 20.3 Å². The second-order valence-electron chi connectivity index (χ2n) is 4.28. The number of anilines is 1. The van der Waals surface area contributed by atoms with E-state index in [4.69, 9.17) is 17.3 Å². The topological polar surface area (TPSA) is 55.1 Å². The monoisotopic (exact) mass is 318 g/mol. The van der Waals surface area contributed by atoms with Crippen LogP contribution in [0.4, 0.5) is 5.69 Å². The molecule has 0 heterocycles. The highest BCUT2D eigenvalue weighted by atomic mass is 79.9. The number of carbonyl (C=O) groups is 1. The van der Waals surface area contributed by atoms with Crippen molar-refractivity contribution in [2.75, 3.05) is 5.32 Å². The molecule has 0 aromatic heterocycles. The molecule has 0 aliphatic carbocycles. The lowest BCUT2D eigenvalue weighted by Crippen LogP contribution is -2.31. The summed E-state index contributed by atoms with van der Waals surface area (Å²) in [5.41, 5.74) is 6.44. The lowest BCUT2D eigenvalue weighted by atomic mass is 10.0. The molecule has 94 valence electrons. The van der Waals surface area contributed by atoms with Gasteiger partial charge in [0.15, 0.2) is 0 Å². The van der Waals surface area contributed by atoms with Gasteiger partial charge in [-0.25, -0.2) is 0 Å². The van der Waals surface area contributed by atoms with E-state index < -0.39 is 0 Å². The van der Waals surface area contributed by atoms with Gasteiger partial charge in [0, 0.05) is 16.9 Å². The average molecular weight is 320 g/mol. The molecular weight excluding hydrogens is 304 g/mol. The summed E-state index contributed by atoms with van der Waals surface area (Å²) in [4.78, 5) is 11.7. The average Bonchev–Trinajstić information content (AvgIpc) is 2.22. The first kappa shape index (κ1) is 14.5. The summed E-state index contributed by atoms with van der Waals surface area (Å²) < 4.78 is 0.874. The van der Waals surface area contributed by atoms with Gasteiger partial charge in [-0.3, -0.25) is 4.79 Å². The third-order valence-electron chi connectivity index (χ3n) is 2.48. The summed E-state index contributed by atoms with van der Waals surface area (Å²) in [6.07, 6.45) is 0.296. The number of nitrogens with two attached hydrogens (primary N) is 1. The van der Waals surface area contributed by atoms with E-state index in [0.717, 1.165) is 4.47 Å². The van der Waals surface area contributed by atoms with Crippen LogP contribution >= 0.6 is 27.5 Å². The highest BCUT2D eigenvalue weighted by Crippen LogP contribution is 2.25. The highest BCUT2D eigenvalue weighted by molar-refractivity contribution is 9.10.